The Morgan fingerprint density at radius 3 is 2.71 bits per heavy atom. The number of benzene rings is 2. The molecule has 0 saturated heterocycles. The average Bonchev–Trinajstić information content (AvgIpc) is 3.06. The van der Waals surface area contributed by atoms with Crippen molar-refractivity contribution in [1.29, 1.82) is 0 Å². The minimum Gasteiger partial charge on any atom is -0.454 e. The molecular formula is C18H18ClNO4. The van der Waals surface area contributed by atoms with Gasteiger partial charge in [0.25, 0.3) is 0 Å². The van der Waals surface area contributed by atoms with E-state index >= 15 is 0 Å². The smallest absolute Gasteiger partial charge is 0.231 e. The van der Waals surface area contributed by atoms with Crippen molar-refractivity contribution in [3.05, 3.63) is 58.6 Å². The maximum atomic E-state index is 11.9. The molecule has 0 bridgehead atoms. The van der Waals surface area contributed by atoms with Gasteiger partial charge in [0.05, 0.1) is 6.10 Å². The molecule has 0 spiro atoms. The average molecular weight is 348 g/mol. The van der Waals surface area contributed by atoms with Gasteiger partial charge in [0, 0.05) is 18.0 Å². The zero-order valence-corrected chi connectivity index (χ0v) is 13.8. The van der Waals surface area contributed by atoms with Crippen molar-refractivity contribution in [1.82, 2.24) is 5.32 Å². The summed E-state index contributed by atoms with van der Waals surface area (Å²) in [6, 6.07) is 12.6. The number of hydrogen-bond donors (Lipinski definition) is 2. The molecule has 0 saturated carbocycles. The molecule has 1 aliphatic heterocycles. The molecular weight excluding hydrogens is 330 g/mol. The molecule has 3 rings (SSSR count). The van der Waals surface area contributed by atoms with E-state index in [1.165, 1.54) is 0 Å². The molecule has 24 heavy (non-hydrogen) atoms. The first-order valence-corrected chi connectivity index (χ1v) is 8.08. The third-order valence-corrected chi connectivity index (χ3v) is 4.08. The lowest BCUT2D eigenvalue weighted by molar-refractivity contribution is -0.121. The lowest BCUT2D eigenvalue weighted by atomic mass is 10.1. The van der Waals surface area contributed by atoms with Crippen LogP contribution in [0.1, 0.15) is 23.7 Å². The number of aliphatic hydroxyl groups excluding tert-OH is 1. The predicted molar refractivity (Wildman–Crippen MR) is 90.3 cm³/mol. The summed E-state index contributed by atoms with van der Waals surface area (Å²) in [5, 5.41) is 13.4. The van der Waals surface area contributed by atoms with Gasteiger partial charge >= 0.3 is 0 Å². The minimum atomic E-state index is -0.753. The van der Waals surface area contributed by atoms with Gasteiger partial charge in [-0.15, -0.1) is 0 Å². The van der Waals surface area contributed by atoms with Crippen molar-refractivity contribution < 1.29 is 19.4 Å². The van der Waals surface area contributed by atoms with Crippen molar-refractivity contribution in [2.24, 2.45) is 0 Å². The van der Waals surface area contributed by atoms with Crippen LogP contribution in [0.3, 0.4) is 0 Å². The van der Waals surface area contributed by atoms with Gasteiger partial charge in [-0.25, -0.2) is 0 Å². The molecule has 0 fully saturated rings. The first kappa shape index (κ1) is 16.6. The molecule has 0 aromatic heterocycles. The molecule has 2 aromatic rings. The largest absolute Gasteiger partial charge is 0.454 e. The zero-order valence-electron chi connectivity index (χ0n) is 13.0. The van der Waals surface area contributed by atoms with Crippen LogP contribution in [0.25, 0.3) is 0 Å². The number of amides is 1. The van der Waals surface area contributed by atoms with Crippen LogP contribution in [0.15, 0.2) is 42.5 Å². The second-order valence-electron chi connectivity index (χ2n) is 5.56. The number of carbonyl (C=O) groups is 1. The highest BCUT2D eigenvalue weighted by molar-refractivity contribution is 6.30. The molecule has 2 aromatic carbocycles. The summed E-state index contributed by atoms with van der Waals surface area (Å²) in [6.45, 7) is 0.406. The van der Waals surface area contributed by atoms with Gasteiger partial charge in [-0.2, -0.15) is 0 Å². The highest BCUT2D eigenvalue weighted by atomic mass is 35.5. The molecule has 1 aliphatic rings. The van der Waals surface area contributed by atoms with Gasteiger partial charge in [0.15, 0.2) is 11.5 Å². The lowest BCUT2D eigenvalue weighted by Gasteiger charge is -2.12. The minimum absolute atomic E-state index is 0.110. The molecule has 2 N–H and O–H groups in total. The quantitative estimate of drug-likeness (QED) is 0.843. The van der Waals surface area contributed by atoms with Crippen LogP contribution in [-0.4, -0.2) is 24.4 Å². The lowest BCUT2D eigenvalue weighted by Crippen LogP contribution is -2.28. The van der Waals surface area contributed by atoms with Gasteiger partial charge in [0.1, 0.15) is 0 Å². The van der Waals surface area contributed by atoms with Gasteiger partial charge in [0.2, 0.25) is 12.7 Å². The van der Waals surface area contributed by atoms with E-state index in [0.717, 1.165) is 16.9 Å². The molecule has 0 radical (unpaired) electrons. The standard InChI is InChI=1S/C18H18ClNO4/c19-14-5-3-13(4-6-14)15(21)10-20-18(22)8-2-12-1-7-16-17(9-12)24-11-23-16/h1,3-7,9,15,21H,2,8,10-11H2,(H,20,22)/t15-/m0/s1. The van der Waals surface area contributed by atoms with E-state index in [1.807, 2.05) is 18.2 Å². The number of hydrogen-bond acceptors (Lipinski definition) is 4. The Kier molecular flexibility index (Phi) is 5.23. The Morgan fingerprint density at radius 1 is 1.17 bits per heavy atom. The Bertz CT molecular complexity index is 717. The molecule has 0 unspecified atom stereocenters. The SMILES string of the molecule is O=C(CCc1ccc2c(c1)OCO2)NC[C@H](O)c1ccc(Cl)cc1. The Hall–Kier alpha value is -2.24. The predicted octanol–water partition coefficient (Wildman–Crippen LogP) is 2.85. The highest BCUT2D eigenvalue weighted by Crippen LogP contribution is 2.32. The normalized spacial score (nSPS) is 13.6. The molecule has 1 atom stereocenters. The molecule has 5 nitrogen and oxygen atoms in total. The van der Waals surface area contributed by atoms with Crippen LogP contribution in [0.5, 0.6) is 11.5 Å². The first-order valence-electron chi connectivity index (χ1n) is 7.70. The first-order chi connectivity index (χ1) is 11.6. The molecule has 1 heterocycles. The number of carbonyl (C=O) groups excluding carboxylic acids is 1. The van der Waals surface area contributed by atoms with Gasteiger partial charge in [-0.1, -0.05) is 29.8 Å². The maximum Gasteiger partial charge on any atom is 0.231 e. The van der Waals surface area contributed by atoms with Crippen LogP contribution in [0.2, 0.25) is 5.02 Å². The van der Waals surface area contributed by atoms with Gasteiger partial charge < -0.3 is 19.9 Å². The topological polar surface area (TPSA) is 67.8 Å². The fourth-order valence-electron chi connectivity index (χ4n) is 2.46. The van der Waals surface area contributed by atoms with Crippen molar-refractivity contribution in [2.45, 2.75) is 18.9 Å². The number of aryl methyl sites for hydroxylation is 1. The Morgan fingerprint density at radius 2 is 1.92 bits per heavy atom. The summed E-state index contributed by atoms with van der Waals surface area (Å²) in [5.41, 5.74) is 1.73. The maximum absolute atomic E-state index is 11.9. The molecule has 6 heteroatoms. The number of ether oxygens (including phenoxy) is 2. The van der Waals surface area contributed by atoms with E-state index in [4.69, 9.17) is 21.1 Å². The van der Waals surface area contributed by atoms with Crippen molar-refractivity contribution in [3.63, 3.8) is 0 Å². The third-order valence-electron chi connectivity index (χ3n) is 3.83. The number of rotatable bonds is 6. The molecule has 0 aliphatic carbocycles. The Balaban J connectivity index is 1.45. The summed E-state index contributed by atoms with van der Waals surface area (Å²) in [6.07, 6.45) is 0.184. The van der Waals surface area contributed by atoms with Gasteiger partial charge in [-0.05, 0) is 41.8 Å². The van der Waals surface area contributed by atoms with E-state index in [0.29, 0.717) is 23.6 Å². The van der Waals surface area contributed by atoms with Crippen LogP contribution in [0.4, 0.5) is 0 Å². The zero-order chi connectivity index (χ0) is 16.9. The summed E-state index contributed by atoms with van der Waals surface area (Å²) in [5.74, 6) is 1.33. The third kappa shape index (κ3) is 4.19. The van der Waals surface area contributed by atoms with E-state index in [1.54, 1.807) is 24.3 Å². The van der Waals surface area contributed by atoms with Crippen molar-refractivity contribution in [3.8, 4) is 11.5 Å². The van der Waals surface area contributed by atoms with Crippen LogP contribution < -0.4 is 14.8 Å². The second-order valence-corrected chi connectivity index (χ2v) is 6.00. The second kappa shape index (κ2) is 7.55. The highest BCUT2D eigenvalue weighted by Gasteiger charge is 2.14. The summed E-state index contributed by atoms with van der Waals surface area (Å²) in [7, 11) is 0. The molecule has 1 amide bonds. The van der Waals surface area contributed by atoms with Crippen LogP contribution in [0, 0.1) is 0 Å². The number of fused-ring (bicyclic) bond motifs is 1. The Labute approximate surface area is 145 Å². The van der Waals surface area contributed by atoms with Crippen LogP contribution >= 0.6 is 11.6 Å². The fraction of sp³-hybridized carbons (Fsp3) is 0.278. The van der Waals surface area contributed by atoms with Gasteiger partial charge in [-0.3, -0.25) is 4.79 Å². The summed E-state index contributed by atoms with van der Waals surface area (Å²) >= 11 is 5.81. The van der Waals surface area contributed by atoms with E-state index in [-0.39, 0.29) is 19.2 Å². The van der Waals surface area contributed by atoms with E-state index in [9.17, 15) is 9.90 Å². The van der Waals surface area contributed by atoms with Crippen molar-refractivity contribution in [2.75, 3.05) is 13.3 Å². The number of halogens is 1. The van der Waals surface area contributed by atoms with E-state index in [2.05, 4.69) is 5.32 Å². The molecule has 126 valence electrons. The summed E-state index contributed by atoms with van der Waals surface area (Å²) < 4.78 is 10.6. The van der Waals surface area contributed by atoms with Crippen LogP contribution in [-0.2, 0) is 11.2 Å². The number of aliphatic hydroxyl groups is 1. The van der Waals surface area contributed by atoms with E-state index < -0.39 is 6.10 Å². The van der Waals surface area contributed by atoms with Crippen molar-refractivity contribution >= 4 is 17.5 Å². The monoisotopic (exact) mass is 347 g/mol. The fourth-order valence-corrected chi connectivity index (χ4v) is 2.58. The number of nitrogens with one attached hydrogen (secondary N) is 1. The summed E-state index contributed by atoms with van der Waals surface area (Å²) in [4.78, 5) is 11.9.